The minimum atomic E-state index is -0.340. The fourth-order valence-corrected chi connectivity index (χ4v) is 2.46. The zero-order chi connectivity index (χ0) is 15.2. The first-order valence-electron chi connectivity index (χ1n) is 6.66. The Morgan fingerprint density at radius 2 is 2.05 bits per heavy atom. The lowest BCUT2D eigenvalue weighted by Crippen LogP contribution is -2.10. The highest BCUT2D eigenvalue weighted by Crippen LogP contribution is 2.17. The van der Waals surface area contributed by atoms with Crippen LogP contribution in [0.4, 0.5) is 5.13 Å². The van der Waals surface area contributed by atoms with Gasteiger partial charge in [-0.1, -0.05) is 29.5 Å². The second-order valence-electron chi connectivity index (χ2n) is 4.34. The monoisotopic (exact) mass is 315 g/mol. The summed E-state index contributed by atoms with van der Waals surface area (Å²) in [5.74, 6) is 0.718. The van der Waals surface area contributed by atoms with Crippen LogP contribution in [-0.2, 0) is 6.42 Å². The highest BCUT2D eigenvalue weighted by atomic mass is 32.1. The highest BCUT2D eigenvalue weighted by molar-refractivity contribution is 7.15. The topological polar surface area (TPSA) is 77.2 Å². The molecule has 1 aromatic carbocycles. The standard InChI is InChI=1S/C15H13N3O3S/c19-14(12-7-4-9-21-12)16-15-18-17-13(22-15)8-10-20-11-5-2-1-3-6-11/h1-7,9H,8,10H2,(H,16,18,19). The molecule has 112 valence electrons. The van der Waals surface area contributed by atoms with Gasteiger partial charge in [-0.25, -0.2) is 0 Å². The second-order valence-corrected chi connectivity index (χ2v) is 5.41. The third-order valence-electron chi connectivity index (χ3n) is 2.76. The lowest BCUT2D eigenvalue weighted by Gasteiger charge is -2.03. The Morgan fingerprint density at radius 3 is 2.82 bits per heavy atom. The molecule has 0 radical (unpaired) electrons. The predicted octanol–water partition coefficient (Wildman–Crippen LogP) is 3.00. The van der Waals surface area contributed by atoms with Crippen molar-refractivity contribution in [2.45, 2.75) is 6.42 Å². The number of nitrogens with zero attached hydrogens (tertiary/aromatic N) is 2. The van der Waals surface area contributed by atoms with Gasteiger partial charge < -0.3 is 9.15 Å². The van der Waals surface area contributed by atoms with Crippen molar-refractivity contribution >= 4 is 22.4 Å². The number of rotatable bonds is 6. The molecule has 0 atom stereocenters. The van der Waals surface area contributed by atoms with Gasteiger partial charge in [0.25, 0.3) is 5.91 Å². The molecule has 0 aliphatic rings. The van der Waals surface area contributed by atoms with E-state index in [2.05, 4.69) is 15.5 Å². The SMILES string of the molecule is O=C(Nc1nnc(CCOc2ccccc2)s1)c1ccco1. The Kier molecular flexibility index (Phi) is 4.45. The van der Waals surface area contributed by atoms with Crippen molar-refractivity contribution in [1.82, 2.24) is 10.2 Å². The van der Waals surface area contributed by atoms with E-state index in [-0.39, 0.29) is 11.7 Å². The number of anilines is 1. The summed E-state index contributed by atoms with van der Waals surface area (Å²) in [6.07, 6.45) is 2.07. The molecule has 0 spiro atoms. The normalized spacial score (nSPS) is 10.4. The minimum absolute atomic E-state index is 0.240. The summed E-state index contributed by atoms with van der Waals surface area (Å²) in [6.45, 7) is 0.505. The van der Waals surface area contributed by atoms with E-state index in [0.29, 0.717) is 18.2 Å². The summed E-state index contributed by atoms with van der Waals surface area (Å²) < 4.78 is 10.6. The first-order valence-corrected chi connectivity index (χ1v) is 7.48. The van der Waals surface area contributed by atoms with Gasteiger partial charge >= 0.3 is 0 Å². The Bertz CT molecular complexity index is 726. The van der Waals surface area contributed by atoms with Gasteiger partial charge in [-0.15, -0.1) is 10.2 Å². The fraction of sp³-hybridized carbons (Fsp3) is 0.133. The number of hydrogen-bond acceptors (Lipinski definition) is 6. The lowest BCUT2D eigenvalue weighted by atomic mass is 10.3. The summed E-state index contributed by atoms with van der Waals surface area (Å²) >= 11 is 1.32. The zero-order valence-electron chi connectivity index (χ0n) is 11.6. The van der Waals surface area contributed by atoms with Crippen molar-refractivity contribution in [2.24, 2.45) is 0 Å². The van der Waals surface area contributed by atoms with Gasteiger partial charge in [0.15, 0.2) is 5.76 Å². The Labute approximate surface area is 130 Å². The number of amides is 1. The van der Waals surface area contributed by atoms with Crippen molar-refractivity contribution in [2.75, 3.05) is 11.9 Å². The van der Waals surface area contributed by atoms with Gasteiger partial charge in [-0.05, 0) is 24.3 Å². The fourth-order valence-electron chi connectivity index (χ4n) is 1.74. The van der Waals surface area contributed by atoms with Crippen LogP contribution in [0.25, 0.3) is 0 Å². The van der Waals surface area contributed by atoms with Crippen LogP contribution in [0.3, 0.4) is 0 Å². The maximum atomic E-state index is 11.8. The summed E-state index contributed by atoms with van der Waals surface area (Å²) in [4.78, 5) is 11.8. The van der Waals surface area contributed by atoms with Gasteiger partial charge in [-0.2, -0.15) is 0 Å². The third-order valence-corrected chi connectivity index (χ3v) is 3.66. The molecule has 0 aliphatic heterocycles. The van der Waals surface area contributed by atoms with E-state index in [9.17, 15) is 4.79 Å². The van der Waals surface area contributed by atoms with Gasteiger partial charge in [0.1, 0.15) is 10.8 Å². The van der Waals surface area contributed by atoms with Crippen LogP contribution in [0.2, 0.25) is 0 Å². The van der Waals surface area contributed by atoms with Crippen LogP contribution in [-0.4, -0.2) is 22.7 Å². The molecule has 1 amide bonds. The number of hydrogen-bond donors (Lipinski definition) is 1. The van der Waals surface area contributed by atoms with Crippen LogP contribution >= 0.6 is 11.3 Å². The molecule has 0 unspecified atom stereocenters. The van der Waals surface area contributed by atoms with E-state index < -0.39 is 0 Å². The van der Waals surface area contributed by atoms with Crippen molar-refractivity contribution in [3.05, 3.63) is 59.5 Å². The molecule has 7 heteroatoms. The molecule has 2 heterocycles. The Morgan fingerprint density at radius 1 is 1.18 bits per heavy atom. The average molecular weight is 315 g/mol. The molecule has 6 nitrogen and oxygen atoms in total. The number of nitrogens with one attached hydrogen (secondary N) is 1. The Balaban J connectivity index is 1.50. The van der Waals surface area contributed by atoms with E-state index in [1.807, 2.05) is 30.3 Å². The van der Waals surface area contributed by atoms with Gasteiger partial charge in [0.05, 0.1) is 12.9 Å². The van der Waals surface area contributed by atoms with Crippen LogP contribution in [0.15, 0.2) is 53.1 Å². The molecule has 1 N–H and O–H groups in total. The van der Waals surface area contributed by atoms with Crippen molar-refractivity contribution in [1.29, 1.82) is 0 Å². The molecule has 3 rings (SSSR count). The van der Waals surface area contributed by atoms with Crippen LogP contribution in [0.5, 0.6) is 5.75 Å². The number of carbonyl (C=O) groups is 1. The largest absolute Gasteiger partial charge is 0.493 e. The number of benzene rings is 1. The number of furan rings is 1. The van der Waals surface area contributed by atoms with Gasteiger partial charge in [0, 0.05) is 6.42 Å². The van der Waals surface area contributed by atoms with Crippen LogP contribution in [0.1, 0.15) is 15.6 Å². The smallest absolute Gasteiger partial charge is 0.293 e. The lowest BCUT2D eigenvalue weighted by molar-refractivity contribution is 0.0996. The quantitative estimate of drug-likeness (QED) is 0.756. The summed E-state index contributed by atoms with van der Waals surface area (Å²) in [5.41, 5.74) is 0. The summed E-state index contributed by atoms with van der Waals surface area (Å²) in [7, 11) is 0. The van der Waals surface area contributed by atoms with Crippen molar-refractivity contribution in [3.8, 4) is 5.75 Å². The van der Waals surface area contributed by atoms with Crippen LogP contribution in [0, 0.1) is 0 Å². The molecule has 3 aromatic rings. The van der Waals surface area contributed by atoms with Crippen molar-refractivity contribution in [3.63, 3.8) is 0 Å². The summed E-state index contributed by atoms with van der Waals surface area (Å²) in [5, 5.41) is 11.8. The maximum absolute atomic E-state index is 11.8. The van der Waals surface area contributed by atoms with E-state index in [0.717, 1.165) is 10.8 Å². The molecule has 22 heavy (non-hydrogen) atoms. The molecule has 0 fully saturated rings. The maximum Gasteiger partial charge on any atom is 0.293 e. The number of carbonyl (C=O) groups excluding carboxylic acids is 1. The second kappa shape index (κ2) is 6.86. The van der Waals surface area contributed by atoms with E-state index in [1.54, 1.807) is 12.1 Å². The minimum Gasteiger partial charge on any atom is -0.493 e. The average Bonchev–Trinajstić information content (AvgIpc) is 3.20. The molecule has 0 aliphatic carbocycles. The summed E-state index contributed by atoms with van der Waals surface area (Å²) in [6, 6.07) is 12.8. The molecule has 0 saturated carbocycles. The highest BCUT2D eigenvalue weighted by Gasteiger charge is 2.12. The Hall–Kier alpha value is -2.67. The number of ether oxygens (including phenoxy) is 1. The third kappa shape index (κ3) is 3.70. The van der Waals surface area contributed by atoms with E-state index in [1.165, 1.54) is 17.6 Å². The van der Waals surface area contributed by atoms with Crippen molar-refractivity contribution < 1.29 is 13.9 Å². The molecular weight excluding hydrogens is 302 g/mol. The first kappa shape index (κ1) is 14.3. The number of para-hydroxylation sites is 1. The zero-order valence-corrected chi connectivity index (χ0v) is 12.4. The van der Waals surface area contributed by atoms with Crippen LogP contribution < -0.4 is 10.1 Å². The molecule has 2 aromatic heterocycles. The van der Waals surface area contributed by atoms with E-state index >= 15 is 0 Å². The first-order chi connectivity index (χ1) is 10.8. The molecular formula is C15H13N3O3S. The molecule has 0 bridgehead atoms. The van der Waals surface area contributed by atoms with E-state index in [4.69, 9.17) is 9.15 Å². The molecule has 0 saturated heterocycles. The van der Waals surface area contributed by atoms with Gasteiger partial charge in [0.2, 0.25) is 5.13 Å². The van der Waals surface area contributed by atoms with Gasteiger partial charge in [-0.3, -0.25) is 10.1 Å². The predicted molar refractivity (Wildman–Crippen MR) is 82.2 cm³/mol. The number of aromatic nitrogens is 2.